The summed E-state index contributed by atoms with van der Waals surface area (Å²) in [4.78, 5) is 3.58. The minimum absolute atomic E-state index is 0.0587. The second-order valence-electron chi connectivity index (χ2n) is 2.50. The second-order valence-corrected chi connectivity index (χ2v) is 4.64. The number of sulfone groups is 1. The lowest BCUT2D eigenvalue weighted by Crippen LogP contribution is -2.00. The summed E-state index contributed by atoms with van der Waals surface area (Å²) in [7, 11) is -3.21. The van der Waals surface area contributed by atoms with Crippen molar-refractivity contribution in [1.82, 2.24) is 4.98 Å². The van der Waals surface area contributed by atoms with Gasteiger partial charge >= 0.3 is 0 Å². The van der Waals surface area contributed by atoms with Gasteiger partial charge in [-0.3, -0.25) is 0 Å². The van der Waals surface area contributed by atoms with Crippen LogP contribution in [-0.2, 0) is 15.6 Å². The van der Waals surface area contributed by atoms with Gasteiger partial charge in [0.25, 0.3) is 0 Å². The Hall–Kier alpha value is -1.55. The Morgan fingerprint density at radius 2 is 2.31 bits per heavy atom. The van der Waals surface area contributed by atoms with E-state index in [0.29, 0.717) is 0 Å². The van der Waals surface area contributed by atoms with Crippen molar-refractivity contribution >= 4 is 15.7 Å². The van der Waals surface area contributed by atoms with Gasteiger partial charge in [0.05, 0.1) is 0 Å². The topological polar surface area (TPSA) is 110 Å². The van der Waals surface area contributed by atoms with E-state index in [2.05, 4.69) is 4.98 Å². The molecule has 0 amide bonds. The monoisotopic (exact) mass is 201 g/mol. The molecule has 7 heteroatoms. The van der Waals surface area contributed by atoms with E-state index in [1.54, 1.807) is 6.07 Å². The Bertz CT molecular complexity index is 454. The lowest BCUT2D eigenvalue weighted by Gasteiger charge is -1.89. The van der Waals surface area contributed by atoms with E-state index in [1.165, 1.54) is 0 Å². The highest BCUT2D eigenvalue weighted by atomic mass is 32.2. The maximum absolute atomic E-state index is 10.8. The molecule has 1 heterocycles. The van der Waals surface area contributed by atoms with Gasteiger partial charge in [0.15, 0.2) is 9.84 Å². The van der Waals surface area contributed by atoms with Crippen molar-refractivity contribution in [2.45, 2.75) is 5.75 Å². The molecule has 1 aromatic rings. The first-order chi connectivity index (χ1) is 5.92. The average molecular weight is 201 g/mol. The molecule has 0 saturated carbocycles. The van der Waals surface area contributed by atoms with Crippen LogP contribution in [0.4, 0.5) is 5.88 Å². The molecule has 6 nitrogen and oxygen atoms in total. The van der Waals surface area contributed by atoms with Crippen LogP contribution in [0.1, 0.15) is 11.6 Å². The van der Waals surface area contributed by atoms with Crippen LogP contribution in [0.3, 0.4) is 0 Å². The Morgan fingerprint density at radius 1 is 1.69 bits per heavy atom. The van der Waals surface area contributed by atoms with Crippen LogP contribution in [0, 0.1) is 11.3 Å². The minimum atomic E-state index is -3.21. The van der Waals surface area contributed by atoms with Gasteiger partial charge < -0.3 is 10.2 Å². The SMILES string of the molecule is CS(=O)(=O)Cc1nc(C#N)c(N)o1. The molecule has 0 aromatic carbocycles. The standard InChI is InChI=1S/C6H7N3O3S/c1-13(10,11)3-5-9-4(2-7)6(8)12-5/h3,8H2,1H3. The molecule has 0 spiro atoms. The van der Waals surface area contributed by atoms with E-state index in [9.17, 15) is 8.42 Å². The molecular weight excluding hydrogens is 194 g/mol. The highest BCUT2D eigenvalue weighted by Crippen LogP contribution is 2.13. The molecule has 0 fully saturated rings. The molecule has 1 aromatic heterocycles. The first-order valence-corrected chi connectivity index (χ1v) is 5.31. The molecule has 0 bridgehead atoms. The number of aromatic nitrogens is 1. The van der Waals surface area contributed by atoms with Crippen molar-refractivity contribution in [3.05, 3.63) is 11.6 Å². The van der Waals surface area contributed by atoms with Crippen LogP contribution in [-0.4, -0.2) is 19.7 Å². The summed E-state index contributed by atoms with van der Waals surface area (Å²) in [5.74, 6) is -0.559. The maximum Gasteiger partial charge on any atom is 0.229 e. The van der Waals surface area contributed by atoms with Gasteiger partial charge in [0, 0.05) is 6.26 Å². The fourth-order valence-electron chi connectivity index (χ4n) is 0.744. The number of nitrogens with zero attached hydrogens (tertiary/aromatic N) is 2. The summed E-state index contributed by atoms with van der Waals surface area (Å²) >= 11 is 0. The van der Waals surface area contributed by atoms with E-state index < -0.39 is 9.84 Å². The highest BCUT2D eigenvalue weighted by molar-refractivity contribution is 7.89. The van der Waals surface area contributed by atoms with Crippen LogP contribution in [0.25, 0.3) is 0 Å². The maximum atomic E-state index is 10.8. The smallest absolute Gasteiger partial charge is 0.229 e. The summed E-state index contributed by atoms with van der Waals surface area (Å²) in [6.07, 6.45) is 1.04. The largest absolute Gasteiger partial charge is 0.423 e. The molecule has 1 rings (SSSR count). The lowest BCUT2D eigenvalue weighted by atomic mass is 10.5. The second kappa shape index (κ2) is 3.06. The van der Waals surface area contributed by atoms with Crippen LogP contribution >= 0.6 is 0 Å². The van der Waals surface area contributed by atoms with Gasteiger partial charge in [-0.25, -0.2) is 8.42 Å². The molecule has 13 heavy (non-hydrogen) atoms. The number of oxazole rings is 1. The number of hydrogen-bond donors (Lipinski definition) is 1. The predicted octanol–water partition coefficient (Wildman–Crippen LogP) is -0.327. The van der Waals surface area contributed by atoms with Crippen molar-refractivity contribution in [1.29, 1.82) is 5.26 Å². The first kappa shape index (κ1) is 9.54. The molecule has 0 radical (unpaired) electrons. The van der Waals surface area contributed by atoms with Gasteiger partial charge in [-0.05, 0) is 0 Å². The summed E-state index contributed by atoms with van der Waals surface area (Å²) in [6.45, 7) is 0. The molecule has 0 unspecified atom stereocenters. The summed E-state index contributed by atoms with van der Waals surface area (Å²) < 4.78 is 26.3. The van der Waals surface area contributed by atoms with E-state index in [1.807, 2.05) is 0 Å². The average Bonchev–Trinajstić information content (AvgIpc) is 2.26. The van der Waals surface area contributed by atoms with Crippen molar-refractivity contribution in [2.75, 3.05) is 12.0 Å². The normalized spacial score (nSPS) is 11.1. The summed E-state index contributed by atoms with van der Waals surface area (Å²) in [5, 5.41) is 8.43. The van der Waals surface area contributed by atoms with Crippen LogP contribution < -0.4 is 5.73 Å². The number of nitrogens with two attached hydrogens (primary N) is 1. The Labute approximate surface area is 74.9 Å². The fraction of sp³-hybridized carbons (Fsp3) is 0.333. The molecular formula is C6H7N3O3S. The van der Waals surface area contributed by atoms with Crippen LogP contribution in [0.2, 0.25) is 0 Å². The molecule has 0 aliphatic rings. The molecule has 0 saturated heterocycles. The molecule has 0 aliphatic heterocycles. The van der Waals surface area contributed by atoms with Gasteiger partial charge in [-0.1, -0.05) is 0 Å². The molecule has 0 atom stereocenters. The van der Waals surface area contributed by atoms with Gasteiger partial charge in [0.2, 0.25) is 17.5 Å². The summed E-state index contributed by atoms with van der Waals surface area (Å²) in [5.41, 5.74) is 5.14. The number of nitriles is 1. The van der Waals surface area contributed by atoms with Crippen LogP contribution in [0.15, 0.2) is 4.42 Å². The van der Waals surface area contributed by atoms with E-state index in [0.717, 1.165) is 6.26 Å². The minimum Gasteiger partial charge on any atom is -0.423 e. The third kappa shape index (κ3) is 2.45. The number of nitrogen functional groups attached to an aromatic ring is 1. The zero-order valence-corrected chi connectivity index (χ0v) is 7.63. The Balaban J connectivity index is 3.01. The van der Waals surface area contributed by atoms with Crippen molar-refractivity contribution < 1.29 is 12.8 Å². The molecule has 2 N–H and O–H groups in total. The fourth-order valence-corrected chi connectivity index (χ4v) is 1.32. The predicted molar refractivity (Wildman–Crippen MR) is 44.2 cm³/mol. The van der Waals surface area contributed by atoms with Gasteiger partial charge in [-0.15, -0.1) is 0 Å². The van der Waals surface area contributed by atoms with Crippen molar-refractivity contribution in [3.8, 4) is 6.07 Å². The number of hydrogen-bond acceptors (Lipinski definition) is 6. The molecule has 0 aliphatic carbocycles. The van der Waals surface area contributed by atoms with Crippen molar-refractivity contribution in [2.24, 2.45) is 0 Å². The van der Waals surface area contributed by atoms with Gasteiger partial charge in [0.1, 0.15) is 11.8 Å². The zero-order chi connectivity index (χ0) is 10.1. The number of anilines is 1. The Morgan fingerprint density at radius 3 is 2.69 bits per heavy atom. The number of rotatable bonds is 2. The quantitative estimate of drug-likeness (QED) is 0.701. The van der Waals surface area contributed by atoms with E-state index in [4.69, 9.17) is 15.4 Å². The zero-order valence-electron chi connectivity index (χ0n) is 6.81. The summed E-state index contributed by atoms with van der Waals surface area (Å²) in [6, 6.07) is 1.68. The van der Waals surface area contributed by atoms with Crippen molar-refractivity contribution in [3.63, 3.8) is 0 Å². The third-order valence-corrected chi connectivity index (χ3v) is 1.96. The van der Waals surface area contributed by atoms with Crippen LogP contribution in [0.5, 0.6) is 0 Å². The highest BCUT2D eigenvalue weighted by Gasteiger charge is 2.14. The van der Waals surface area contributed by atoms with Gasteiger partial charge in [-0.2, -0.15) is 10.2 Å². The van der Waals surface area contributed by atoms with E-state index in [-0.39, 0.29) is 23.2 Å². The lowest BCUT2D eigenvalue weighted by molar-refractivity contribution is 0.524. The molecule has 70 valence electrons. The first-order valence-electron chi connectivity index (χ1n) is 3.25. The Kier molecular flexibility index (Phi) is 2.25. The van der Waals surface area contributed by atoms with E-state index >= 15 is 0 Å². The third-order valence-electron chi connectivity index (χ3n) is 1.19.